The number of halogens is 3. The highest BCUT2D eigenvalue weighted by Crippen LogP contribution is 2.33. The van der Waals surface area contributed by atoms with Crippen molar-refractivity contribution in [3.63, 3.8) is 0 Å². The van der Waals surface area contributed by atoms with Crippen LogP contribution in [0.1, 0.15) is 52.8 Å². The van der Waals surface area contributed by atoms with E-state index in [0.717, 1.165) is 17.0 Å². The van der Waals surface area contributed by atoms with Crippen LogP contribution < -0.4 is 4.74 Å². The van der Waals surface area contributed by atoms with Crippen molar-refractivity contribution in [3.8, 4) is 5.75 Å². The molecule has 2 aliphatic rings. The summed E-state index contributed by atoms with van der Waals surface area (Å²) in [6.07, 6.45) is 0.132. The number of aryl methyl sites for hydroxylation is 2. The largest absolute Gasteiger partial charge is 0.491 e. The van der Waals surface area contributed by atoms with Gasteiger partial charge in [0.05, 0.1) is 40.8 Å². The number of aromatic nitrogens is 3. The molecule has 3 aromatic rings. The van der Waals surface area contributed by atoms with Gasteiger partial charge in [0.15, 0.2) is 5.65 Å². The maximum Gasteiger partial charge on any atom is 0.258 e. The van der Waals surface area contributed by atoms with E-state index in [1.54, 1.807) is 9.42 Å². The summed E-state index contributed by atoms with van der Waals surface area (Å²) in [7, 11) is 1.88. The maximum atomic E-state index is 14.3. The lowest BCUT2D eigenvalue weighted by atomic mass is 10.1. The van der Waals surface area contributed by atoms with Crippen LogP contribution >= 0.6 is 11.6 Å². The van der Waals surface area contributed by atoms with E-state index in [1.165, 1.54) is 18.2 Å². The zero-order chi connectivity index (χ0) is 25.0. The first-order valence-electron chi connectivity index (χ1n) is 11.8. The van der Waals surface area contributed by atoms with Crippen LogP contribution in [0.15, 0.2) is 18.2 Å². The lowest BCUT2D eigenvalue weighted by Crippen LogP contribution is -2.37. The van der Waals surface area contributed by atoms with Crippen LogP contribution in [-0.4, -0.2) is 62.2 Å². The Bertz CT molecular complexity index is 1310. The zero-order valence-corrected chi connectivity index (χ0v) is 20.9. The zero-order valence-electron chi connectivity index (χ0n) is 20.2. The summed E-state index contributed by atoms with van der Waals surface area (Å²) in [4.78, 5) is 21.7. The molecule has 3 unspecified atom stereocenters. The molecule has 4 heterocycles. The van der Waals surface area contributed by atoms with Crippen LogP contribution in [0.3, 0.4) is 0 Å². The van der Waals surface area contributed by atoms with Gasteiger partial charge in [-0.15, -0.1) is 0 Å². The third-order valence-electron chi connectivity index (χ3n) is 7.28. The number of ether oxygens (including phenoxy) is 1. The van der Waals surface area contributed by atoms with E-state index in [4.69, 9.17) is 16.3 Å². The second-order valence-electron chi connectivity index (χ2n) is 9.42. The molecule has 10 heteroatoms. The Labute approximate surface area is 207 Å². The Morgan fingerprint density at radius 3 is 2.77 bits per heavy atom. The van der Waals surface area contributed by atoms with Gasteiger partial charge in [-0.1, -0.05) is 18.5 Å². The fourth-order valence-corrected chi connectivity index (χ4v) is 5.37. The minimum atomic E-state index is -0.925. The standard InChI is InChI=1S/C25H28ClF2N5O2/c1-5-21-19(28)9-16(31(21)4)12-35-22-8-15(27)6-7-17(22)25(34)32-10-18-20(11-32)30-33-14(3)23(26)13(2)29-24(18)33/h6-8,16,19,21H,5,9-12H2,1-4H3. The molecule has 3 atom stereocenters. The van der Waals surface area contributed by atoms with Crippen LogP contribution in [0, 0.1) is 19.7 Å². The molecule has 7 nitrogen and oxygen atoms in total. The number of fused-ring (bicyclic) bond motifs is 3. The summed E-state index contributed by atoms with van der Waals surface area (Å²) < 4.78 is 36.1. The van der Waals surface area contributed by atoms with Gasteiger partial charge in [0, 0.05) is 23.7 Å². The molecule has 0 bridgehead atoms. The molecule has 2 aliphatic heterocycles. The number of likely N-dealkylation sites (tertiary alicyclic amines) is 1. The molecule has 1 amide bonds. The fourth-order valence-electron chi connectivity index (χ4n) is 5.24. The minimum Gasteiger partial charge on any atom is -0.491 e. The van der Waals surface area contributed by atoms with E-state index in [-0.39, 0.29) is 35.9 Å². The number of carbonyl (C=O) groups excluding carboxylic acids is 1. The van der Waals surface area contributed by atoms with Gasteiger partial charge in [-0.2, -0.15) is 5.10 Å². The van der Waals surface area contributed by atoms with Crippen LogP contribution in [0.5, 0.6) is 5.75 Å². The van der Waals surface area contributed by atoms with E-state index in [2.05, 4.69) is 10.1 Å². The molecule has 0 N–H and O–H groups in total. The SMILES string of the molecule is CCC1C(F)CC(COc2cc(F)ccc2C(=O)N2Cc3nn4c(C)c(Cl)c(C)nc4c3C2)N1C. The van der Waals surface area contributed by atoms with Gasteiger partial charge in [0.1, 0.15) is 24.3 Å². The number of carbonyl (C=O) groups is 1. The maximum absolute atomic E-state index is 14.3. The quantitative estimate of drug-likeness (QED) is 0.513. The Balaban J connectivity index is 1.36. The number of amides is 1. The van der Waals surface area contributed by atoms with Crippen LogP contribution in [0.25, 0.3) is 5.65 Å². The highest BCUT2D eigenvalue weighted by atomic mass is 35.5. The van der Waals surface area contributed by atoms with Gasteiger partial charge in [-0.3, -0.25) is 9.69 Å². The van der Waals surface area contributed by atoms with Crippen LogP contribution in [-0.2, 0) is 13.1 Å². The van der Waals surface area contributed by atoms with E-state index < -0.39 is 12.0 Å². The third-order valence-corrected chi connectivity index (χ3v) is 7.83. The van der Waals surface area contributed by atoms with Crippen molar-refractivity contribution in [2.45, 2.75) is 65.0 Å². The summed E-state index contributed by atoms with van der Waals surface area (Å²) in [6.45, 7) is 6.48. The Hall–Kier alpha value is -2.78. The Morgan fingerprint density at radius 1 is 1.29 bits per heavy atom. The summed E-state index contributed by atoms with van der Waals surface area (Å²) in [5, 5.41) is 5.19. The molecule has 5 rings (SSSR count). The second kappa shape index (κ2) is 9.02. The summed E-state index contributed by atoms with van der Waals surface area (Å²) in [5.74, 6) is -0.622. The second-order valence-corrected chi connectivity index (χ2v) is 9.79. The number of hydrogen-bond acceptors (Lipinski definition) is 5. The van der Waals surface area contributed by atoms with Gasteiger partial charge >= 0.3 is 0 Å². The van der Waals surface area contributed by atoms with Crippen molar-refractivity contribution < 1.29 is 18.3 Å². The van der Waals surface area contributed by atoms with E-state index in [1.807, 2.05) is 32.7 Å². The van der Waals surface area contributed by atoms with Crippen LogP contribution in [0.4, 0.5) is 8.78 Å². The Morgan fingerprint density at radius 2 is 2.06 bits per heavy atom. The van der Waals surface area contributed by atoms with Crippen molar-refractivity contribution in [2.24, 2.45) is 0 Å². The molecule has 1 fully saturated rings. The Kier molecular flexibility index (Phi) is 6.17. The van der Waals surface area contributed by atoms with Gasteiger partial charge in [-0.25, -0.2) is 18.3 Å². The van der Waals surface area contributed by atoms with Crippen molar-refractivity contribution >= 4 is 23.2 Å². The average molecular weight is 504 g/mol. The molecule has 0 saturated carbocycles. The molecule has 2 aromatic heterocycles. The highest BCUT2D eigenvalue weighted by Gasteiger charge is 2.38. The number of benzene rings is 1. The lowest BCUT2D eigenvalue weighted by Gasteiger charge is -2.25. The molecular weight excluding hydrogens is 476 g/mol. The number of likely N-dealkylation sites (N-methyl/N-ethyl adjacent to an activating group) is 1. The van der Waals surface area contributed by atoms with Crippen molar-refractivity contribution in [2.75, 3.05) is 13.7 Å². The normalized spacial score (nSPS) is 22.3. The van der Waals surface area contributed by atoms with Gasteiger partial charge in [-0.05, 0) is 45.9 Å². The van der Waals surface area contributed by atoms with E-state index in [9.17, 15) is 13.6 Å². The van der Waals surface area contributed by atoms with Gasteiger partial charge < -0.3 is 9.64 Å². The average Bonchev–Trinajstić information content (AvgIpc) is 3.47. The lowest BCUT2D eigenvalue weighted by molar-refractivity contribution is 0.0743. The summed E-state index contributed by atoms with van der Waals surface area (Å²) >= 11 is 6.32. The monoisotopic (exact) mass is 503 g/mol. The van der Waals surface area contributed by atoms with E-state index in [0.29, 0.717) is 42.3 Å². The summed E-state index contributed by atoms with van der Waals surface area (Å²) in [6, 6.07) is 3.60. The topological polar surface area (TPSA) is 63.0 Å². The predicted molar refractivity (Wildman–Crippen MR) is 128 cm³/mol. The first-order valence-corrected chi connectivity index (χ1v) is 12.2. The number of nitrogens with zero attached hydrogens (tertiary/aromatic N) is 5. The third kappa shape index (κ3) is 4.04. The molecular formula is C25H28ClF2N5O2. The first kappa shape index (κ1) is 23.9. The molecule has 186 valence electrons. The highest BCUT2D eigenvalue weighted by molar-refractivity contribution is 6.31. The number of rotatable bonds is 5. The number of alkyl halides is 1. The smallest absolute Gasteiger partial charge is 0.258 e. The summed E-state index contributed by atoms with van der Waals surface area (Å²) in [5.41, 5.74) is 4.08. The molecule has 1 saturated heterocycles. The number of hydrogen-bond donors (Lipinski definition) is 0. The molecule has 0 radical (unpaired) electrons. The van der Waals surface area contributed by atoms with Crippen molar-refractivity contribution in [1.29, 1.82) is 0 Å². The van der Waals surface area contributed by atoms with Gasteiger partial charge in [0.25, 0.3) is 5.91 Å². The van der Waals surface area contributed by atoms with Gasteiger partial charge in [0.2, 0.25) is 0 Å². The fraction of sp³-hybridized carbons (Fsp3) is 0.480. The molecule has 0 aliphatic carbocycles. The first-order chi connectivity index (χ1) is 16.7. The minimum absolute atomic E-state index is 0.143. The van der Waals surface area contributed by atoms with Crippen LogP contribution in [0.2, 0.25) is 5.02 Å². The molecule has 1 aromatic carbocycles. The van der Waals surface area contributed by atoms with E-state index >= 15 is 0 Å². The van der Waals surface area contributed by atoms with Crippen molar-refractivity contribution in [3.05, 3.63) is 57.2 Å². The van der Waals surface area contributed by atoms with Crippen molar-refractivity contribution in [1.82, 2.24) is 24.4 Å². The molecule has 0 spiro atoms. The predicted octanol–water partition coefficient (Wildman–Crippen LogP) is 4.49. The molecule has 35 heavy (non-hydrogen) atoms.